The molecule has 100 valence electrons. The van der Waals surface area contributed by atoms with Gasteiger partial charge in [-0.05, 0) is 43.3 Å². The largest absolute Gasteiger partial charge is 0.478 e. The molecule has 1 aromatic heterocycles. The van der Waals surface area contributed by atoms with Crippen molar-refractivity contribution in [1.82, 2.24) is 0 Å². The molecule has 0 saturated carbocycles. The maximum absolute atomic E-state index is 11.0. The molecule has 3 nitrogen and oxygen atoms in total. The SMILES string of the molecule is Cc1ccc2oc(-c3cc(C(=O)O)ccc3Cl)cc2c1. The number of halogens is 1. The monoisotopic (exact) mass is 286 g/mol. The van der Waals surface area contributed by atoms with E-state index in [-0.39, 0.29) is 5.56 Å². The normalized spacial score (nSPS) is 10.9. The Labute approximate surface area is 120 Å². The van der Waals surface area contributed by atoms with E-state index in [9.17, 15) is 4.79 Å². The molecule has 0 aliphatic rings. The predicted octanol–water partition coefficient (Wildman–Crippen LogP) is 4.76. The summed E-state index contributed by atoms with van der Waals surface area (Å²) in [6, 6.07) is 12.3. The third kappa shape index (κ3) is 2.17. The van der Waals surface area contributed by atoms with E-state index in [1.807, 2.05) is 31.2 Å². The number of benzene rings is 2. The van der Waals surface area contributed by atoms with E-state index in [0.29, 0.717) is 16.3 Å². The van der Waals surface area contributed by atoms with Crippen LogP contribution in [-0.2, 0) is 0 Å². The molecule has 1 heterocycles. The lowest BCUT2D eigenvalue weighted by Gasteiger charge is -2.02. The number of rotatable bonds is 2. The molecule has 0 aliphatic heterocycles. The molecule has 0 amide bonds. The number of carboxylic acids is 1. The summed E-state index contributed by atoms with van der Waals surface area (Å²) >= 11 is 6.14. The molecule has 0 unspecified atom stereocenters. The Bertz CT molecular complexity index is 818. The first-order valence-electron chi connectivity index (χ1n) is 6.08. The van der Waals surface area contributed by atoms with Crippen LogP contribution in [0.15, 0.2) is 46.9 Å². The number of carboxylic acid groups (broad SMARTS) is 1. The van der Waals surface area contributed by atoms with Crippen LogP contribution in [0.2, 0.25) is 5.02 Å². The molecule has 1 N–H and O–H groups in total. The maximum Gasteiger partial charge on any atom is 0.335 e. The summed E-state index contributed by atoms with van der Waals surface area (Å²) in [5.74, 6) is -0.423. The molecule has 0 atom stereocenters. The Balaban J connectivity index is 2.19. The summed E-state index contributed by atoms with van der Waals surface area (Å²) in [5, 5.41) is 10.5. The molecule has 0 bridgehead atoms. The van der Waals surface area contributed by atoms with Gasteiger partial charge in [-0.15, -0.1) is 0 Å². The molecule has 0 spiro atoms. The molecule has 0 saturated heterocycles. The topological polar surface area (TPSA) is 50.4 Å². The van der Waals surface area contributed by atoms with Gasteiger partial charge in [0, 0.05) is 10.9 Å². The number of hydrogen-bond acceptors (Lipinski definition) is 2. The summed E-state index contributed by atoms with van der Waals surface area (Å²) < 4.78 is 5.75. The first-order chi connectivity index (χ1) is 9.54. The predicted molar refractivity (Wildman–Crippen MR) is 78.4 cm³/mol. The van der Waals surface area contributed by atoms with Crippen LogP contribution < -0.4 is 0 Å². The second-order valence-corrected chi connectivity index (χ2v) is 5.06. The standard InChI is InChI=1S/C16H11ClO3/c1-9-2-5-14-11(6-9)8-15(20-14)12-7-10(16(18)19)3-4-13(12)17/h2-8H,1H3,(H,18,19). The first-order valence-corrected chi connectivity index (χ1v) is 6.46. The Morgan fingerprint density at radius 2 is 1.95 bits per heavy atom. The summed E-state index contributed by atoms with van der Waals surface area (Å²) in [6.07, 6.45) is 0. The average Bonchev–Trinajstić information content (AvgIpc) is 2.81. The fourth-order valence-corrected chi connectivity index (χ4v) is 2.35. The Morgan fingerprint density at radius 3 is 2.70 bits per heavy atom. The van der Waals surface area contributed by atoms with Gasteiger partial charge < -0.3 is 9.52 Å². The van der Waals surface area contributed by atoms with Crippen molar-refractivity contribution >= 4 is 28.5 Å². The van der Waals surface area contributed by atoms with Crippen LogP contribution in [-0.4, -0.2) is 11.1 Å². The van der Waals surface area contributed by atoms with Crippen molar-refractivity contribution in [3.05, 3.63) is 58.6 Å². The van der Waals surface area contributed by atoms with Gasteiger partial charge in [0.05, 0.1) is 10.6 Å². The van der Waals surface area contributed by atoms with Crippen molar-refractivity contribution in [1.29, 1.82) is 0 Å². The van der Waals surface area contributed by atoms with E-state index in [4.69, 9.17) is 21.1 Å². The quantitative estimate of drug-likeness (QED) is 0.739. The van der Waals surface area contributed by atoms with Gasteiger partial charge in [-0.25, -0.2) is 4.79 Å². The van der Waals surface area contributed by atoms with Crippen LogP contribution in [0.3, 0.4) is 0 Å². The van der Waals surface area contributed by atoms with E-state index < -0.39 is 5.97 Å². The lowest BCUT2D eigenvalue weighted by atomic mass is 10.1. The van der Waals surface area contributed by atoms with Crippen LogP contribution in [0.25, 0.3) is 22.3 Å². The number of aromatic carboxylic acids is 1. The van der Waals surface area contributed by atoms with Gasteiger partial charge in [-0.3, -0.25) is 0 Å². The maximum atomic E-state index is 11.0. The summed E-state index contributed by atoms with van der Waals surface area (Å²) in [4.78, 5) is 11.0. The molecular formula is C16H11ClO3. The molecular weight excluding hydrogens is 276 g/mol. The van der Waals surface area contributed by atoms with Crippen LogP contribution in [0.5, 0.6) is 0 Å². The van der Waals surface area contributed by atoms with E-state index in [0.717, 1.165) is 16.5 Å². The van der Waals surface area contributed by atoms with Crippen LogP contribution in [0.4, 0.5) is 0 Å². The zero-order valence-electron chi connectivity index (χ0n) is 10.7. The third-order valence-corrected chi connectivity index (χ3v) is 3.48. The van der Waals surface area contributed by atoms with Crippen molar-refractivity contribution in [2.24, 2.45) is 0 Å². The van der Waals surface area contributed by atoms with Gasteiger partial charge in [0.15, 0.2) is 0 Å². The molecule has 0 fully saturated rings. The zero-order chi connectivity index (χ0) is 14.3. The van der Waals surface area contributed by atoms with Crippen molar-refractivity contribution in [3.63, 3.8) is 0 Å². The fourth-order valence-electron chi connectivity index (χ4n) is 2.14. The molecule has 4 heteroatoms. The van der Waals surface area contributed by atoms with E-state index in [1.54, 1.807) is 6.07 Å². The number of carbonyl (C=O) groups is 1. The van der Waals surface area contributed by atoms with E-state index in [2.05, 4.69) is 0 Å². The van der Waals surface area contributed by atoms with Crippen LogP contribution >= 0.6 is 11.6 Å². The average molecular weight is 287 g/mol. The van der Waals surface area contributed by atoms with Gasteiger partial charge in [-0.2, -0.15) is 0 Å². The fraction of sp³-hybridized carbons (Fsp3) is 0.0625. The summed E-state index contributed by atoms with van der Waals surface area (Å²) in [5.41, 5.74) is 2.65. The van der Waals surface area contributed by atoms with Gasteiger partial charge in [0.25, 0.3) is 0 Å². The third-order valence-electron chi connectivity index (χ3n) is 3.15. The Hall–Kier alpha value is -2.26. The Kier molecular flexibility index (Phi) is 2.99. The number of hydrogen-bond donors (Lipinski definition) is 1. The van der Waals surface area contributed by atoms with E-state index in [1.165, 1.54) is 12.1 Å². The number of fused-ring (bicyclic) bond motifs is 1. The van der Waals surface area contributed by atoms with Crippen molar-refractivity contribution in [2.45, 2.75) is 6.92 Å². The van der Waals surface area contributed by atoms with Crippen LogP contribution in [0, 0.1) is 6.92 Å². The summed E-state index contributed by atoms with van der Waals surface area (Å²) in [6.45, 7) is 2.00. The van der Waals surface area contributed by atoms with Crippen molar-refractivity contribution < 1.29 is 14.3 Å². The highest BCUT2D eigenvalue weighted by Gasteiger charge is 2.13. The van der Waals surface area contributed by atoms with E-state index >= 15 is 0 Å². The van der Waals surface area contributed by atoms with Gasteiger partial charge in [-0.1, -0.05) is 23.2 Å². The lowest BCUT2D eigenvalue weighted by Crippen LogP contribution is -1.96. The van der Waals surface area contributed by atoms with Gasteiger partial charge in [0.1, 0.15) is 11.3 Å². The highest BCUT2D eigenvalue weighted by molar-refractivity contribution is 6.33. The second kappa shape index (κ2) is 4.69. The van der Waals surface area contributed by atoms with Gasteiger partial charge >= 0.3 is 5.97 Å². The highest BCUT2D eigenvalue weighted by atomic mass is 35.5. The highest BCUT2D eigenvalue weighted by Crippen LogP contribution is 2.33. The van der Waals surface area contributed by atoms with Crippen LogP contribution in [0.1, 0.15) is 15.9 Å². The second-order valence-electron chi connectivity index (χ2n) is 4.65. The lowest BCUT2D eigenvalue weighted by molar-refractivity contribution is 0.0697. The minimum Gasteiger partial charge on any atom is -0.478 e. The van der Waals surface area contributed by atoms with Crippen molar-refractivity contribution in [3.8, 4) is 11.3 Å². The molecule has 3 rings (SSSR count). The van der Waals surface area contributed by atoms with Crippen molar-refractivity contribution in [2.75, 3.05) is 0 Å². The molecule has 0 radical (unpaired) electrons. The molecule has 20 heavy (non-hydrogen) atoms. The molecule has 2 aromatic carbocycles. The summed E-state index contributed by atoms with van der Waals surface area (Å²) in [7, 11) is 0. The molecule has 0 aliphatic carbocycles. The smallest absolute Gasteiger partial charge is 0.335 e. The first kappa shape index (κ1) is 12.8. The minimum atomic E-state index is -0.991. The molecule has 3 aromatic rings. The Morgan fingerprint density at radius 1 is 1.15 bits per heavy atom. The zero-order valence-corrected chi connectivity index (χ0v) is 11.4. The number of aryl methyl sites for hydroxylation is 1. The minimum absolute atomic E-state index is 0.182. The number of furan rings is 1. The van der Waals surface area contributed by atoms with Gasteiger partial charge in [0.2, 0.25) is 0 Å².